The van der Waals surface area contributed by atoms with E-state index in [1.165, 1.54) is 5.56 Å². The van der Waals surface area contributed by atoms with Crippen LogP contribution < -0.4 is 20.1 Å². The highest BCUT2D eigenvalue weighted by atomic mass is 16.7. The molecule has 7 nitrogen and oxygen atoms in total. The molecule has 2 aromatic carbocycles. The van der Waals surface area contributed by atoms with Crippen LogP contribution in [0.4, 0.5) is 11.8 Å². The lowest BCUT2D eigenvalue weighted by atomic mass is 10.1. The molecule has 27 heavy (non-hydrogen) atoms. The van der Waals surface area contributed by atoms with Crippen LogP contribution in [0.2, 0.25) is 0 Å². The Hall–Kier alpha value is -3.06. The van der Waals surface area contributed by atoms with Crippen LogP contribution in [0.15, 0.2) is 42.5 Å². The van der Waals surface area contributed by atoms with Gasteiger partial charge in [-0.1, -0.05) is 18.2 Å². The Kier molecular flexibility index (Phi) is 3.94. The van der Waals surface area contributed by atoms with Crippen molar-refractivity contribution >= 4 is 22.7 Å². The minimum Gasteiger partial charge on any atom is -0.454 e. The minimum absolute atomic E-state index is 0.312. The Morgan fingerprint density at radius 1 is 0.926 bits per heavy atom. The summed E-state index contributed by atoms with van der Waals surface area (Å²) in [5, 5.41) is 0.905. The highest BCUT2D eigenvalue weighted by molar-refractivity contribution is 5.88. The van der Waals surface area contributed by atoms with E-state index in [4.69, 9.17) is 20.2 Å². The summed E-state index contributed by atoms with van der Waals surface area (Å²) >= 11 is 0. The Labute approximate surface area is 157 Å². The molecular weight excluding hydrogens is 342 g/mol. The summed E-state index contributed by atoms with van der Waals surface area (Å²) in [5.74, 6) is 2.92. The Morgan fingerprint density at radius 3 is 2.63 bits per heavy atom. The summed E-state index contributed by atoms with van der Waals surface area (Å²) < 4.78 is 10.9. The minimum atomic E-state index is 0.312. The molecule has 0 aliphatic carbocycles. The lowest BCUT2D eigenvalue weighted by Gasteiger charge is -2.34. The third-order valence-corrected chi connectivity index (χ3v) is 5.12. The molecule has 0 radical (unpaired) electrons. The number of aromatic nitrogens is 2. The van der Waals surface area contributed by atoms with Crippen molar-refractivity contribution in [1.29, 1.82) is 0 Å². The van der Waals surface area contributed by atoms with Crippen LogP contribution in [-0.2, 0) is 6.54 Å². The van der Waals surface area contributed by atoms with Gasteiger partial charge in [0, 0.05) is 38.1 Å². The fourth-order valence-corrected chi connectivity index (χ4v) is 3.63. The summed E-state index contributed by atoms with van der Waals surface area (Å²) in [5.41, 5.74) is 8.25. The summed E-state index contributed by atoms with van der Waals surface area (Å²) in [6, 6.07) is 14.0. The number of rotatable bonds is 3. The quantitative estimate of drug-likeness (QED) is 0.765. The van der Waals surface area contributed by atoms with Gasteiger partial charge in [0.2, 0.25) is 12.7 Å². The maximum Gasteiger partial charge on any atom is 0.231 e. The van der Waals surface area contributed by atoms with Crippen molar-refractivity contribution in [3.05, 3.63) is 48.0 Å². The molecule has 0 bridgehead atoms. The highest BCUT2D eigenvalue weighted by Crippen LogP contribution is 2.33. The van der Waals surface area contributed by atoms with Gasteiger partial charge in [-0.05, 0) is 29.8 Å². The van der Waals surface area contributed by atoms with Crippen molar-refractivity contribution in [2.45, 2.75) is 6.54 Å². The molecule has 2 N–H and O–H groups in total. The van der Waals surface area contributed by atoms with Crippen molar-refractivity contribution in [1.82, 2.24) is 14.9 Å². The normalized spacial score (nSPS) is 16.8. The predicted molar refractivity (Wildman–Crippen MR) is 104 cm³/mol. The van der Waals surface area contributed by atoms with E-state index in [0.717, 1.165) is 55.1 Å². The standard InChI is InChI=1S/C20H21N5O2/c21-19-15-3-1-2-4-16(15)22-20(23-19)25-9-7-24(8-10-25)12-14-5-6-17-18(11-14)27-13-26-17/h1-6,11H,7-10,12-13H2,(H2,21,22,23). The molecule has 1 aromatic heterocycles. The van der Waals surface area contributed by atoms with E-state index in [1.807, 2.05) is 30.3 Å². The first kappa shape index (κ1) is 16.1. The number of hydrogen-bond acceptors (Lipinski definition) is 7. The largest absolute Gasteiger partial charge is 0.454 e. The van der Waals surface area contributed by atoms with Crippen molar-refractivity contribution in [3.63, 3.8) is 0 Å². The number of para-hydroxylation sites is 1. The molecule has 0 spiro atoms. The lowest BCUT2D eigenvalue weighted by molar-refractivity contribution is 0.174. The second-order valence-electron chi connectivity index (χ2n) is 6.88. The third-order valence-electron chi connectivity index (χ3n) is 5.12. The molecule has 3 heterocycles. The van der Waals surface area contributed by atoms with E-state index in [9.17, 15) is 0 Å². The smallest absolute Gasteiger partial charge is 0.231 e. The third kappa shape index (κ3) is 3.10. The molecule has 0 atom stereocenters. The molecule has 7 heteroatoms. The zero-order valence-electron chi connectivity index (χ0n) is 15.0. The van der Waals surface area contributed by atoms with Crippen LogP contribution in [0.5, 0.6) is 11.5 Å². The van der Waals surface area contributed by atoms with Crippen molar-refractivity contribution < 1.29 is 9.47 Å². The number of nitrogens with zero attached hydrogens (tertiary/aromatic N) is 4. The van der Waals surface area contributed by atoms with Gasteiger partial charge in [0.1, 0.15) is 5.82 Å². The number of nitrogen functional groups attached to an aromatic ring is 1. The Balaban J connectivity index is 1.26. The molecule has 0 unspecified atom stereocenters. The number of piperazine rings is 1. The molecule has 5 rings (SSSR count). The van der Waals surface area contributed by atoms with Crippen LogP contribution in [-0.4, -0.2) is 47.8 Å². The Bertz CT molecular complexity index is 985. The number of benzene rings is 2. The molecule has 1 fully saturated rings. The zero-order chi connectivity index (χ0) is 18.2. The monoisotopic (exact) mass is 363 g/mol. The van der Waals surface area contributed by atoms with Gasteiger partial charge >= 0.3 is 0 Å². The molecule has 138 valence electrons. The van der Waals surface area contributed by atoms with Crippen molar-refractivity contribution in [2.75, 3.05) is 43.6 Å². The van der Waals surface area contributed by atoms with Crippen LogP contribution in [0.1, 0.15) is 5.56 Å². The van der Waals surface area contributed by atoms with E-state index in [0.29, 0.717) is 18.6 Å². The van der Waals surface area contributed by atoms with Crippen LogP contribution in [0.3, 0.4) is 0 Å². The van der Waals surface area contributed by atoms with E-state index < -0.39 is 0 Å². The summed E-state index contributed by atoms with van der Waals surface area (Å²) in [4.78, 5) is 13.8. The topological polar surface area (TPSA) is 76.7 Å². The first-order valence-corrected chi connectivity index (χ1v) is 9.14. The van der Waals surface area contributed by atoms with Gasteiger partial charge < -0.3 is 20.1 Å². The summed E-state index contributed by atoms with van der Waals surface area (Å²) in [7, 11) is 0. The van der Waals surface area contributed by atoms with E-state index >= 15 is 0 Å². The van der Waals surface area contributed by atoms with Gasteiger partial charge in [0.25, 0.3) is 0 Å². The second kappa shape index (κ2) is 6.59. The van der Waals surface area contributed by atoms with Gasteiger partial charge in [0.05, 0.1) is 5.52 Å². The highest BCUT2D eigenvalue weighted by Gasteiger charge is 2.21. The van der Waals surface area contributed by atoms with Crippen molar-refractivity contribution in [3.8, 4) is 11.5 Å². The SMILES string of the molecule is Nc1nc(N2CCN(Cc3ccc4c(c3)OCO4)CC2)nc2ccccc12. The number of anilines is 2. The molecular formula is C20H21N5O2. The maximum atomic E-state index is 6.13. The fraction of sp³-hybridized carbons (Fsp3) is 0.300. The average Bonchev–Trinajstić information content (AvgIpc) is 3.16. The summed E-state index contributed by atoms with van der Waals surface area (Å²) in [6.07, 6.45) is 0. The first-order valence-electron chi connectivity index (χ1n) is 9.14. The number of hydrogen-bond donors (Lipinski definition) is 1. The van der Waals surface area contributed by atoms with Gasteiger partial charge in [-0.2, -0.15) is 4.98 Å². The molecule has 0 saturated carbocycles. The van der Waals surface area contributed by atoms with Gasteiger partial charge in [0.15, 0.2) is 11.5 Å². The first-order chi connectivity index (χ1) is 13.3. The fourth-order valence-electron chi connectivity index (χ4n) is 3.63. The zero-order valence-corrected chi connectivity index (χ0v) is 15.0. The van der Waals surface area contributed by atoms with E-state index in [1.54, 1.807) is 0 Å². The average molecular weight is 363 g/mol. The molecule has 3 aromatic rings. The second-order valence-corrected chi connectivity index (χ2v) is 6.88. The molecule has 1 saturated heterocycles. The Morgan fingerprint density at radius 2 is 1.74 bits per heavy atom. The predicted octanol–water partition coefficient (Wildman–Crippen LogP) is 2.26. The van der Waals surface area contributed by atoms with Gasteiger partial charge in [-0.15, -0.1) is 0 Å². The molecule has 2 aliphatic rings. The van der Waals surface area contributed by atoms with E-state index in [2.05, 4.69) is 26.9 Å². The maximum absolute atomic E-state index is 6.13. The van der Waals surface area contributed by atoms with E-state index in [-0.39, 0.29) is 0 Å². The number of nitrogens with two attached hydrogens (primary N) is 1. The number of fused-ring (bicyclic) bond motifs is 2. The molecule has 2 aliphatic heterocycles. The van der Waals surface area contributed by atoms with Crippen LogP contribution in [0, 0.1) is 0 Å². The summed E-state index contributed by atoms with van der Waals surface area (Å²) in [6.45, 7) is 4.86. The van der Waals surface area contributed by atoms with Crippen LogP contribution in [0.25, 0.3) is 10.9 Å². The van der Waals surface area contributed by atoms with Crippen molar-refractivity contribution in [2.24, 2.45) is 0 Å². The number of ether oxygens (including phenoxy) is 2. The van der Waals surface area contributed by atoms with Gasteiger partial charge in [-0.25, -0.2) is 4.98 Å². The van der Waals surface area contributed by atoms with Crippen LogP contribution >= 0.6 is 0 Å². The molecule has 0 amide bonds. The lowest BCUT2D eigenvalue weighted by Crippen LogP contribution is -2.46. The van der Waals surface area contributed by atoms with Gasteiger partial charge in [-0.3, -0.25) is 4.90 Å².